The molecular formula is C16H20N2O2. The van der Waals surface area contributed by atoms with Crippen LogP contribution in [0.2, 0.25) is 0 Å². The summed E-state index contributed by atoms with van der Waals surface area (Å²) in [5, 5.41) is 6.06. The molecule has 2 N–H and O–H groups in total. The van der Waals surface area contributed by atoms with E-state index in [1.807, 2.05) is 56.4 Å². The lowest BCUT2D eigenvalue weighted by Gasteiger charge is -2.20. The molecule has 0 aliphatic heterocycles. The number of carbonyl (C=O) groups excluding carboxylic acids is 1. The minimum Gasteiger partial charge on any atom is -0.467 e. The van der Waals surface area contributed by atoms with Crippen LogP contribution in [0.5, 0.6) is 0 Å². The van der Waals surface area contributed by atoms with Crippen molar-refractivity contribution in [3.05, 3.63) is 60.1 Å². The summed E-state index contributed by atoms with van der Waals surface area (Å²) >= 11 is 0. The number of hydrogen-bond acceptors (Lipinski definition) is 3. The highest BCUT2D eigenvalue weighted by Gasteiger charge is 2.21. The van der Waals surface area contributed by atoms with Gasteiger partial charge in [-0.1, -0.05) is 37.3 Å². The van der Waals surface area contributed by atoms with Gasteiger partial charge in [-0.05, 0) is 24.7 Å². The van der Waals surface area contributed by atoms with Crippen LogP contribution >= 0.6 is 0 Å². The number of furan rings is 1. The fraction of sp³-hybridized carbons (Fsp3) is 0.312. The van der Waals surface area contributed by atoms with E-state index in [9.17, 15) is 4.79 Å². The van der Waals surface area contributed by atoms with Gasteiger partial charge in [-0.2, -0.15) is 0 Å². The van der Waals surface area contributed by atoms with E-state index in [0.29, 0.717) is 6.54 Å². The molecule has 2 unspecified atom stereocenters. The Morgan fingerprint density at radius 1 is 1.20 bits per heavy atom. The van der Waals surface area contributed by atoms with Crippen LogP contribution in [0.15, 0.2) is 53.1 Å². The van der Waals surface area contributed by atoms with E-state index in [0.717, 1.165) is 11.3 Å². The Morgan fingerprint density at radius 3 is 2.55 bits per heavy atom. The van der Waals surface area contributed by atoms with Crippen molar-refractivity contribution in [2.24, 2.45) is 5.92 Å². The molecule has 0 radical (unpaired) electrons. The molecule has 1 heterocycles. The van der Waals surface area contributed by atoms with E-state index in [2.05, 4.69) is 10.6 Å². The van der Waals surface area contributed by atoms with Crippen molar-refractivity contribution in [2.45, 2.75) is 13.0 Å². The van der Waals surface area contributed by atoms with Gasteiger partial charge < -0.3 is 15.1 Å². The lowest BCUT2D eigenvalue weighted by Crippen LogP contribution is -2.37. The van der Waals surface area contributed by atoms with Gasteiger partial charge in [-0.15, -0.1) is 0 Å². The monoisotopic (exact) mass is 272 g/mol. The Kier molecular flexibility index (Phi) is 4.96. The lowest BCUT2D eigenvalue weighted by atomic mass is 10.0. The Morgan fingerprint density at radius 2 is 1.95 bits per heavy atom. The normalized spacial score (nSPS) is 13.7. The molecule has 1 aromatic heterocycles. The largest absolute Gasteiger partial charge is 0.467 e. The zero-order valence-electron chi connectivity index (χ0n) is 11.8. The van der Waals surface area contributed by atoms with Crippen LogP contribution in [0, 0.1) is 5.92 Å². The molecule has 106 valence electrons. The third kappa shape index (κ3) is 3.48. The van der Waals surface area contributed by atoms with Crippen molar-refractivity contribution in [1.29, 1.82) is 0 Å². The Bertz CT molecular complexity index is 523. The van der Waals surface area contributed by atoms with Crippen molar-refractivity contribution >= 4 is 5.91 Å². The van der Waals surface area contributed by atoms with E-state index in [-0.39, 0.29) is 17.9 Å². The highest BCUT2D eigenvalue weighted by Crippen LogP contribution is 2.22. The average molecular weight is 272 g/mol. The molecule has 1 aromatic carbocycles. The first-order valence-electron chi connectivity index (χ1n) is 6.75. The molecule has 4 heteroatoms. The first-order chi connectivity index (χ1) is 9.72. The van der Waals surface area contributed by atoms with Gasteiger partial charge in [0.05, 0.1) is 6.26 Å². The Hall–Kier alpha value is -2.07. The Balaban J connectivity index is 2.18. The van der Waals surface area contributed by atoms with Crippen LogP contribution < -0.4 is 10.6 Å². The second kappa shape index (κ2) is 6.91. The Labute approximate surface area is 119 Å². The predicted octanol–water partition coefficient (Wildman–Crippen LogP) is 2.34. The van der Waals surface area contributed by atoms with E-state index < -0.39 is 0 Å². The number of rotatable bonds is 6. The molecule has 2 rings (SSSR count). The number of nitrogens with one attached hydrogen (secondary N) is 2. The highest BCUT2D eigenvalue weighted by atomic mass is 16.3. The minimum absolute atomic E-state index is 0.00426. The molecule has 2 atom stereocenters. The van der Waals surface area contributed by atoms with Gasteiger partial charge in [0, 0.05) is 12.5 Å². The second-order valence-electron chi connectivity index (χ2n) is 4.83. The molecular weight excluding hydrogens is 252 g/mol. The number of hydrogen-bond donors (Lipinski definition) is 2. The summed E-state index contributed by atoms with van der Waals surface area (Å²) in [6.07, 6.45) is 1.62. The zero-order valence-corrected chi connectivity index (χ0v) is 11.8. The fourth-order valence-electron chi connectivity index (χ4n) is 2.10. The van der Waals surface area contributed by atoms with Gasteiger partial charge in [0.25, 0.3) is 0 Å². The number of carbonyl (C=O) groups is 1. The molecule has 0 spiro atoms. The molecule has 0 aliphatic rings. The molecule has 0 saturated heterocycles. The van der Waals surface area contributed by atoms with Gasteiger partial charge in [-0.3, -0.25) is 4.79 Å². The predicted molar refractivity (Wildman–Crippen MR) is 78.2 cm³/mol. The number of amides is 1. The van der Waals surface area contributed by atoms with Gasteiger partial charge in [0.2, 0.25) is 5.91 Å². The van der Waals surface area contributed by atoms with E-state index in [1.165, 1.54) is 0 Å². The summed E-state index contributed by atoms with van der Waals surface area (Å²) in [6.45, 7) is 2.54. The SMILES string of the molecule is CNCC(C)C(=O)NC(c1ccccc1)c1ccco1. The first kappa shape index (κ1) is 14.3. The van der Waals surface area contributed by atoms with E-state index in [1.54, 1.807) is 6.26 Å². The van der Waals surface area contributed by atoms with E-state index in [4.69, 9.17) is 4.42 Å². The maximum Gasteiger partial charge on any atom is 0.224 e. The molecule has 0 bridgehead atoms. The summed E-state index contributed by atoms with van der Waals surface area (Å²) in [6, 6.07) is 13.3. The van der Waals surface area contributed by atoms with Crippen LogP contribution in [0.3, 0.4) is 0 Å². The molecule has 1 amide bonds. The maximum absolute atomic E-state index is 12.2. The van der Waals surface area contributed by atoms with Crippen LogP contribution in [-0.4, -0.2) is 19.5 Å². The first-order valence-corrected chi connectivity index (χ1v) is 6.75. The number of benzene rings is 1. The van der Waals surface area contributed by atoms with Gasteiger partial charge in [0.15, 0.2) is 0 Å². The summed E-state index contributed by atoms with van der Waals surface area (Å²) in [7, 11) is 1.84. The maximum atomic E-state index is 12.2. The molecule has 0 fully saturated rings. The van der Waals surface area contributed by atoms with Gasteiger partial charge in [0.1, 0.15) is 11.8 Å². The van der Waals surface area contributed by atoms with Gasteiger partial charge in [-0.25, -0.2) is 0 Å². The van der Waals surface area contributed by atoms with Crippen LogP contribution in [0.4, 0.5) is 0 Å². The third-order valence-corrected chi connectivity index (χ3v) is 3.21. The summed E-state index contributed by atoms with van der Waals surface area (Å²) in [5.74, 6) is 0.645. The van der Waals surface area contributed by atoms with Crippen molar-refractivity contribution < 1.29 is 9.21 Å². The summed E-state index contributed by atoms with van der Waals surface area (Å²) in [5.41, 5.74) is 1.01. The summed E-state index contributed by atoms with van der Waals surface area (Å²) < 4.78 is 5.46. The fourth-order valence-corrected chi connectivity index (χ4v) is 2.10. The highest BCUT2D eigenvalue weighted by molar-refractivity contribution is 5.79. The summed E-state index contributed by atoms with van der Waals surface area (Å²) in [4.78, 5) is 12.2. The van der Waals surface area contributed by atoms with Crippen molar-refractivity contribution in [2.75, 3.05) is 13.6 Å². The molecule has 4 nitrogen and oxygen atoms in total. The molecule has 20 heavy (non-hydrogen) atoms. The average Bonchev–Trinajstić information content (AvgIpc) is 2.99. The van der Waals surface area contributed by atoms with Gasteiger partial charge >= 0.3 is 0 Å². The van der Waals surface area contributed by atoms with E-state index >= 15 is 0 Å². The molecule has 0 saturated carbocycles. The topological polar surface area (TPSA) is 54.3 Å². The lowest BCUT2D eigenvalue weighted by molar-refractivity contribution is -0.125. The quantitative estimate of drug-likeness (QED) is 0.848. The minimum atomic E-state index is -0.252. The van der Waals surface area contributed by atoms with Crippen molar-refractivity contribution in [3.63, 3.8) is 0 Å². The standard InChI is InChI=1S/C16H20N2O2/c1-12(11-17-2)16(19)18-15(14-9-6-10-20-14)13-7-4-3-5-8-13/h3-10,12,15,17H,11H2,1-2H3,(H,18,19). The van der Waals surface area contributed by atoms with Crippen LogP contribution in [0.25, 0.3) is 0 Å². The molecule has 0 aliphatic carbocycles. The van der Waals surface area contributed by atoms with Crippen molar-refractivity contribution in [1.82, 2.24) is 10.6 Å². The van der Waals surface area contributed by atoms with Crippen molar-refractivity contribution in [3.8, 4) is 0 Å². The third-order valence-electron chi connectivity index (χ3n) is 3.21. The smallest absolute Gasteiger partial charge is 0.224 e. The zero-order chi connectivity index (χ0) is 14.4. The van der Waals surface area contributed by atoms with Crippen LogP contribution in [0.1, 0.15) is 24.3 Å². The molecule has 2 aromatic rings. The van der Waals surface area contributed by atoms with Crippen LogP contribution in [-0.2, 0) is 4.79 Å². The second-order valence-corrected chi connectivity index (χ2v) is 4.83.